The Morgan fingerprint density at radius 3 is 2.70 bits per heavy atom. The highest BCUT2D eigenvalue weighted by atomic mass is 79.9. The van der Waals surface area contributed by atoms with Crippen LogP contribution in [0, 0.1) is 0 Å². The third-order valence-electron chi connectivity index (χ3n) is 4.65. The van der Waals surface area contributed by atoms with Crippen molar-refractivity contribution in [3.05, 3.63) is 98.9 Å². The molecule has 2 aromatic carbocycles. The molecule has 152 valence electrons. The highest BCUT2D eigenvalue weighted by Crippen LogP contribution is 2.39. The van der Waals surface area contributed by atoms with Crippen molar-refractivity contribution in [3.63, 3.8) is 0 Å². The topological polar surface area (TPSA) is 56.7 Å². The summed E-state index contributed by atoms with van der Waals surface area (Å²) in [6.45, 7) is 0. The number of anilines is 1. The first-order chi connectivity index (χ1) is 14.5. The van der Waals surface area contributed by atoms with Gasteiger partial charge in [0.05, 0.1) is 16.8 Å². The Labute approximate surface area is 192 Å². The van der Waals surface area contributed by atoms with E-state index in [9.17, 15) is 4.79 Å². The number of carbonyl (C=O) groups excluding carboxylic acids is 1. The van der Waals surface area contributed by atoms with E-state index in [1.807, 2.05) is 48.6 Å². The fourth-order valence-corrected chi connectivity index (χ4v) is 3.97. The molecular formula is C22H17BrCl2N4O. The number of nitrogens with zero attached hydrogens (tertiary/aromatic N) is 2. The molecule has 0 fully saturated rings. The summed E-state index contributed by atoms with van der Waals surface area (Å²) in [5.74, 6) is 0.308. The highest BCUT2D eigenvalue weighted by Gasteiger charge is 2.33. The van der Waals surface area contributed by atoms with E-state index >= 15 is 0 Å². The van der Waals surface area contributed by atoms with Crippen LogP contribution in [0.25, 0.3) is 0 Å². The van der Waals surface area contributed by atoms with Gasteiger partial charge in [0.1, 0.15) is 11.5 Å². The summed E-state index contributed by atoms with van der Waals surface area (Å²) in [7, 11) is 0. The Balaban J connectivity index is 1.65. The molecule has 0 aromatic heterocycles. The van der Waals surface area contributed by atoms with E-state index in [0.29, 0.717) is 33.7 Å². The summed E-state index contributed by atoms with van der Waals surface area (Å²) in [4.78, 5) is 12.9. The molecule has 0 radical (unpaired) electrons. The van der Waals surface area contributed by atoms with Gasteiger partial charge in [-0.1, -0.05) is 63.4 Å². The predicted molar refractivity (Wildman–Crippen MR) is 126 cm³/mol. The van der Waals surface area contributed by atoms with E-state index in [1.54, 1.807) is 29.4 Å². The molecular weight excluding hydrogens is 487 g/mol. The van der Waals surface area contributed by atoms with Crippen molar-refractivity contribution in [2.75, 3.05) is 5.01 Å². The Morgan fingerprint density at radius 1 is 1.13 bits per heavy atom. The molecule has 1 amide bonds. The van der Waals surface area contributed by atoms with Gasteiger partial charge in [-0.15, -0.1) is 0 Å². The van der Waals surface area contributed by atoms with Gasteiger partial charge >= 0.3 is 0 Å². The van der Waals surface area contributed by atoms with E-state index in [1.165, 1.54) is 0 Å². The van der Waals surface area contributed by atoms with Crippen molar-refractivity contribution in [3.8, 4) is 0 Å². The van der Waals surface area contributed by atoms with Crippen LogP contribution in [0.5, 0.6) is 0 Å². The van der Waals surface area contributed by atoms with E-state index in [4.69, 9.17) is 23.2 Å². The molecule has 2 aliphatic rings. The van der Waals surface area contributed by atoms with Crippen molar-refractivity contribution in [1.82, 2.24) is 10.6 Å². The van der Waals surface area contributed by atoms with Crippen molar-refractivity contribution in [1.29, 1.82) is 0 Å². The summed E-state index contributed by atoms with van der Waals surface area (Å²) < 4.78 is 0.978. The summed E-state index contributed by atoms with van der Waals surface area (Å²) in [6.07, 6.45) is 9.52. The van der Waals surface area contributed by atoms with Crippen LogP contribution in [0.2, 0.25) is 10.0 Å². The Morgan fingerprint density at radius 2 is 1.93 bits per heavy atom. The molecule has 1 unspecified atom stereocenters. The molecule has 2 aromatic rings. The maximum Gasteiger partial charge on any atom is 0.273 e. The highest BCUT2D eigenvalue weighted by molar-refractivity contribution is 9.10. The Bertz CT molecular complexity index is 1090. The number of rotatable bonds is 4. The van der Waals surface area contributed by atoms with Crippen LogP contribution in [0.4, 0.5) is 5.69 Å². The molecule has 2 aliphatic heterocycles. The van der Waals surface area contributed by atoms with Gasteiger partial charge in [-0.25, -0.2) is 0 Å². The number of hydrogen-bond donors (Lipinski definition) is 2. The van der Waals surface area contributed by atoms with Crippen LogP contribution in [-0.4, -0.2) is 11.6 Å². The number of carbonyl (C=O) groups is 1. The third kappa shape index (κ3) is 4.61. The monoisotopic (exact) mass is 502 g/mol. The maximum absolute atomic E-state index is 12.9. The second-order valence-electron chi connectivity index (χ2n) is 6.68. The van der Waals surface area contributed by atoms with Crippen LogP contribution in [0.15, 0.2) is 88.4 Å². The van der Waals surface area contributed by atoms with Crippen molar-refractivity contribution < 1.29 is 4.79 Å². The van der Waals surface area contributed by atoms with Gasteiger partial charge in [0.25, 0.3) is 5.91 Å². The largest absolute Gasteiger partial charge is 0.348 e. The number of allylic oxidation sites excluding steroid dienone is 4. The van der Waals surface area contributed by atoms with Crippen LogP contribution in [0.1, 0.15) is 18.0 Å². The number of nitrogens with one attached hydrogen (secondary N) is 2. The van der Waals surface area contributed by atoms with Gasteiger partial charge in [0.2, 0.25) is 0 Å². The standard InChI is InChI=1S/C22H17BrCl2N4O/c23-15-7-5-14(6-8-15)20-13-18(22(30)27-21-4-2-1-3-11-26-21)28-29(20)19-10-9-16(24)12-17(19)25/h1-12,20,26H,13H2,(H,27,30). The van der Waals surface area contributed by atoms with Gasteiger partial charge in [-0.05, 0) is 48.0 Å². The SMILES string of the molecule is O=C(NC1=CC=CC=CN1)C1=NN(c2ccc(Cl)cc2Cl)C(c2ccc(Br)cc2)C1. The second kappa shape index (κ2) is 9.08. The molecule has 0 aliphatic carbocycles. The number of benzene rings is 2. The van der Waals surface area contributed by atoms with E-state index < -0.39 is 0 Å². The van der Waals surface area contributed by atoms with Crippen LogP contribution in [0.3, 0.4) is 0 Å². The lowest BCUT2D eigenvalue weighted by Gasteiger charge is -2.25. The van der Waals surface area contributed by atoms with Crippen LogP contribution in [-0.2, 0) is 4.79 Å². The normalized spacial score (nSPS) is 17.8. The van der Waals surface area contributed by atoms with Gasteiger partial charge in [-0.3, -0.25) is 9.80 Å². The van der Waals surface area contributed by atoms with Crippen LogP contribution >= 0.6 is 39.1 Å². The summed E-state index contributed by atoms with van der Waals surface area (Å²) in [5, 5.41) is 13.3. The number of hydrogen-bond acceptors (Lipinski definition) is 4. The molecule has 1 atom stereocenters. The van der Waals surface area contributed by atoms with E-state index in [2.05, 4.69) is 31.7 Å². The van der Waals surface area contributed by atoms with Crippen LogP contribution < -0.4 is 15.6 Å². The van der Waals surface area contributed by atoms with E-state index in [0.717, 1.165) is 10.0 Å². The minimum Gasteiger partial charge on any atom is -0.348 e. The van der Waals surface area contributed by atoms with Gasteiger partial charge in [0, 0.05) is 22.1 Å². The predicted octanol–water partition coefficient (Wildman–Crippen LogP) is 5.69. The Hall–Kier alpha value is -2.54. The molecule has 0 saturated heterocycles. The van der Waals surface area contributed by atoms with E-state index in [-0.39, 0.29) is 11.9 Å². The summed E-state index contributed by atoms with van der Waals surface area (Å²) in [6, 6.07) is 13.0. The molecule has 8 heteroatoms. The molecule has 2 heterocycles. The third-order valence-corrected chi connectivity index (χ3v) is 5.72. The summed E-state index contributed by atoms with van der Waals surface area (Å²) >= 11 is 16.0. The Kier molecular flexibility index (Phi) is 6.27. The smallest absolute Gasteiger partial charge is 0.273 e. The number of halogens is 3. The molecule has 4 rings (SSSR count). The average molecular weight is 504 g/mol. The first kappa shape index (κ1) is 20.7. The molecule has 0 bridgehead atoms. The zero-order valence-electron chi connectivity index (χ0n) is 15.6. The molecule has 30 heavy (non-hydrogen) atoms. The van der Waals surface area contributed by atoms with Gasteiger partial charge < -0.3 is 10.6 Å². The molecule has 2 N–H and O–H groups in total. The first-order valence-electron chi connectivity index (χ1n) is 9.20. The minimum absolute atomic E-state index is 0.173. The number of amides is 1. The first-order valence-corrected chi connectivity index (χ1v) is 10.7. The van der Waals surface area contributed by atoms with Gasteiger partial charge in [-0.2, -0.15) is 5.10 Å². The molecule has 5 nitrogen and oxygen atoms in total. The second-order valence-corrected chi connectivity index (χ2v) is 8.44. The van der Waals surface area contributed by atoms with Crippen molar-refractivity contribution >= 4 is 56.4 Å². The van der Waals surface area contributed by atoms with Gasteiger partial charge in [0.15, 0.2) is 0 Å². The summed E-state index contributed by atoms with van der Waals surface area (Å²) in [5.41, 5.74) is 2.12. The molecule has 0 saturated carbocycles. The zero-order chi connectivity index (χ0) is 21.1. The minimum atomic E-state index is -0.271. The quantitative estimate of drug-likeness (QED) is 0.563. The fourth-order valence-electron chi connectivity index (χ4n) is 3.21. The fraction of sp³-hybridized carbons (Fsp3) is 0.0909. The lowest BCUT2D eigenvalue weighted by atomic mass is 10.0. The maximum atomic E-state index is 12.9. The molecule has 0 spiro atoms. The lowest BCUT2D eigenvalue weighted by molar-refractivity contribution is -0.114. The zero-order valence-corrected chi connectivity index (χ0v) is 18.7. The van der Waals surface area contributed by atoms with Crippen molar-refractivity contribution in [2.24, 2.45) is 5.10 Å². The number of hydrazone groups is 1. The lowest BCUT2D eigenvalue weighted by Crippen LogP contribution is -2.34. The average Bonchev–Trinajstić information content (AvgIpc) is 3.00. The van der Waals surface area contributed by atoms with Crippen molar-refractivity contribution in [2.45, 2.75) is 12.5 Å².